The molecule has 0 unspecified atom stereocenters. The summed E-state index contributed by atoms with van der Waals surface area (Å²) in [7, 11) is 1.82. The Balaban J connectivity index is 1.75. The van der Waals surface area contributed by atoms with Crippen molar-refractivity contribution in [3.05, 3.63) is 65.7 Å². The minimum Gasteiger partial charge on any atom is -0.322 e. The molecule has 0 aliphatic heterocycles. The number of hydrogen-bond acceptors (Lipinski definition) is 3. The summed E-state index contributed by atoms with van der Waals surface area (Å²) in [6.07, 6.45) is 5.24. The van der Waals surface area contributed by atoms with Crippen LogP contribution in [0.1, 0.15) is 21.6 Å². The summed E-state index contributed by atoms with van der Waals surface area (Å²) in [4.78, 5) is 12.3. The lowest BCUT2D eigenvalue weighted by atomic mass is 10.2. The van der Waals surface area contributed by atoms with Crippen molar-refractivity contribution in [1.29, 1.82) is 0 Å². The lowest BCUT2D eigenvalue weighted by molar-refractivity contribution is 0.102. The topological polar surface area (TPSA) is 64.7 Å². The van der Waals surface area contributed by atoms with Gasteiger partial charge in [-0.3, -0.25) is 14.2 Å². The normalized spacial score (nSPS) is 10.6. The van der Waals surface area contributed by atoms with Gasteiger partial charge in [-0.15, -0.1) is 0 Å². The van der Waals surface area contributed by atoms with Gasteiger partial charge in [0.1, 0.15) is 0 Å². The van der Waals surface area contributed by atoms with Gasteiger partial charge >= 0.3 is 0 Å². The van der Waals surface area contributed by atoms with Gasteiger partial charge in [-0.2, -0.15) is 10.2 Å². The van der Waals surface area contributed by atoms with Crippen LogP contribution in [-0.2, 0) is 13.6 Å². The number of aromatic nitrogens is 4. The van der Waals surface area contributed by atoms with Crippen molar-refractivity contribution >= 4 is 11.6 Å². The monoisotopic (exact) mass is 295 g/mol. The molecule has 0 aliphatic carbocycles. The van der Waals surface area contributed by atoms with Gasteiger partial charge in [-0.25, -0.2) is 0 Å². The molecule has 3 aromatic rings. The number of hydrogen-bond donors (Lipinski definition) is 1. The predicted molar refractivity (Wildman–Crippen MR) is 83.7 cm³/mol. The van der Waals surface area contributed by atoms with E-state index in [1.54, 1.807) is 17.1 Å². The number of anilines is 1. The number of nitrogens with one attached hydrogen (secondary N) is 1. The number of nitrogens with zero attached hydrogens (tertiary/aromatic N) is 4. The lowest BCUT2D eigenvalue weighted by Crippen LogP contribution is -2.13. The van der Waals surface area contributed by atoms with Crippen LogP contribution in [-0.4, -0.2) is 25.5 Å². The average Bonchev–Trinajstić information content (AvgIpc) is 3.11. The van der Waals surface area contributed by atoms with Crippen molar-refractivity contribution in [1.82, 2.24) is 19.6 Å². The van der Waals surface area contributed by atoms with E-state index in [2.05, 4.69) is 15.5 Å². The molecule has 6 heteroatoms. The number of benzene rings is 1. The molecule has 0 bridgehead atoms. The van der Waals surface area contributed by atoms with E-state index in [1.807, 2.05) is 55.2 Å². The molecular formula is C16H17N5O. The maximum Gasteiger partial charge on any atom is 0.259 e. The summed E-state index contributed by atoms with van der Waals surface area (Å²) in [5, 5.41) is 11.2. The second kappa shape index (κ2) is 5.85. The van der Waals surface area contributed by atoms with Crippen LogP contribution < -0.4 is 5.32 Å². The van der Waals surface area contributed by atoms with Gasteiger partial charge in [0.2, 0.25) is 0 Å². The van der Waals surface area contributed by atoms with Gasteiger partial charge in [0.15, 0.2) is 0 Å². The fourth-order valence-electron chi connectivity index (χ4n) is 2.25. The zero-order chi connectivity index (χ0) is 15.5. The molecule has 0 fully saturated rings. The number of amides is 1. The van der Waals surface area contributed by atoms with E-state index in [4.69, 9.17) is 0 Å². The molecule has 0 atom stereocenters. The molecule has 0 spiro atoms. The molecule has 0 saturated heterocycles. The summed E-state index contributed by atoms with van der Waals surface area (Å²) in [6.45, 7) is 2.54. The van der Waals surface area contributed by atoms with Crippen LogP contribution in [0.5, 0.6) is 0 Å². The molecule has 2 aromatic heterocycles. The number of carbonyl (C=O) groups excluding carboxylic acids is 1. The van der Waals surface area contributed by atoms with Crippen molar-refractivity contribution in [2.45, 2.75) is 13.5 Å². The van der Waals surface area contributed by atoms with Gasteiger partial charge in [0.25, 0.3) is 5.91 Å². The summed E-state index contributed by atoms with van der Waals surface area (Å²) < 4.78 is 3.52. The van der Waals surface area contributed by atoms with Crippen LogP contribution in [0.2, 0.25) is 0 Å². The summed E-state index contributed by atoms with van der Waals surface area (Å²) in [6, 6.07) is 9.63. The average molecular weight is 295 g/mol. The molecule has 0 saturated carbocycles. The Hall–Kier alpha value is -2.89. The third-order valence-electron chi connectivity index (χ3n) is 3.57. The van der Waals surface area contributed by atoms with Gasteiger partial charge in [0.05, 0.1) is 18.3 Å². The highest BCUT2D eigenvalue weighted by molar-refractivity contribution is 6.04. The van der Waals surface area contributed by atoms with Crippen molar-refractivity contribution in [2.75, 3.05) is 5.32 Å². The Kier molecular flexibility index (Phi) is 3.74. The predicted octanol–water partition coefficient (Wildman–Crippen LogP) is 2.23. The van der Waals surface area contributed by atoms with Gasteiger partial charge in [-0.1, -0.05) is 12.1 Å². The maximum absolute atomic E-state index is 12.3. The molecule has 2 heterocycles. The van der Waals surface area contributed by atoms with Crippen LogP contribution in [0.15, 0.2) is 48.9 Å². The maximum atomic E-state index is 12.3. The highest BCUT2D eigenvalue weighted by atomic mass is 16.1. The number of carbonyl (C=O) groups is 1. The van der Waals surface area contributed by atoms with E-state index in [-0.39, 0.29) is 5.91 Å². The SMILES string of the molecule is Cc1c(C(=O)Nc2cccc(Cn3cccn3)c2)cnn1C. The molecule has 0 aliphatic rings. The van der Waals surface area contributed by atoms with Crippen LogP contribution in [0.25, 0.3) is 0 Å². The smallest absolute Gasteiger partial charge is 0.259 e. The van der Waals surface area contributed by atoms with E-state index >= 15 is 0 Å². The summed E-state index contributed by atoms with van der Waals surface area (Å²) in [5.41, 5.74) is 3.26. The first-order valence-electron chi connectivity index (χ1n) is 7.00. The standard InChI is InChI=1S/C16H17N5O/c1-12-15(10-18-20(12)2)16(22)19-14-6-3-5-13(9-14)11-21-8-4-7-17-21/h3-10H,11H2,1-2H3,(H,19,22). The molecular weight excluding hydrogens is 278 g/mol. The van der Waals surface area contributed by atoms with Crippen LogP contribution in [0, 0.1) is 6.92 Å². The van der Waals surface area contributed by atoms with E-state index < -0.39 is 0 Å². The van der Waals surface area contributed by atoms with Gasteiger partial charge < -0.3 is 5.32 Å². The van der Waals surface area contributed by atoms with Gasteiger partial charge in [-0.05, 0) is 30.7 Å². The van der Waals surface area contributed by atoms with E-state index in [9.17, 15) is 4.79 Å². The fourth-order valence-corrected chi connectivity index (χ4v) is 2.25. The van der Waals surface area contributed by atoms with Crippen LogP contribution in [0.3, 0.4) is 0 Å². The van der Waals surface area contributed by atoms with Crippen molar-refractivity contribution in [3.8, 4) is 0 Å². The number of aryl methyl sites for hydroxylation is 1. The van der Waals surface area contributed by atoms with Crippen LogP contribution in [0.4, 0.5) is 5.69 Å². The third kappa shape index (κ3) is 2.90. The molecule has 3 rings (SSSR count). The zero-order valence-corrected chi connectivity index (χ0v) is 12.5. The Morgan fingerprint density at radius 1 is 1.27 bits per heavy atom. The molecule has 1 amide bonds. The Labute approximate surface area is 128 Å². The van der Waals surface area contributed by atoms with Crippen molar-refractivity contribution < 1.29 is 4.79 Å². The molecule has 1 aromatic carbocycles. The highest BCUT2D eigenvalue weighted by Crippen LogP contribution is 2.14. The third-order valence-corrected chi connectivity index (χ3v) is 3.57. The minimum absolute atomic E-state index is 0.151. The Bertz CT molecular complexity index is 789. The van der Waals surface area contributed by atoms with Crippen molar-refractivity contribution in [3.63, 3.8) is 0 Å². The first-order valence-corrected chi connectivity index (χ1v) is 7.00. The van der Waals surface area contributed by atoms with E-state index in [0.29, 0.717) is 12.1 Å². The molecule has 0 radical (unpaired) electrons. The molecule has 112 valence electrons. The minimum atomic E-state index is -0.151. The zero-order valence-electron chi connectivity index (χ0n) is 12.5. The van der Waals surface area contributed by atoms with Gasteiger partial charge in [0, 0.05) is 30.8 Å². The fraction of sp³-hybridized carbons (Fsp3) is 0.188. The first-order chi connectivity index (χ1) is 10.6. The van der Waals surface area contributed by atoms with Crippen molar-refractivity contribution in [2.24, 2.45) is 7.05 Å². The molecule has 1 N–H and O–H groups in total. The number of rotatable bonds is 4. The Morgan fingerprint density at radius 2 is 2.14 bits per heavy atom. The first kappa shape index (κ1) is 14.1. The quantitative estimate of drug-likeness (QED) is 0.802. The van der Waals surface area contributed by atoms with E-state index in [0.717, 1.165) is 16.9 Å². The lowest BCUT2D eigenvalue weighted by Gasteiger charge is -2.08. The van der Waals surface area contributed by atoms with Crippen LogP contribution >= 0.6 is 0 Å². The largest absolute Gasteiger partial charge is 0.322 e. The highest BCUT2D eigenvalue weighted by Gasteiger charge is 2.13. The Morgan fingerprint density at radius 3 is 2.82 bits per heavy atom. The van der Waals surface area contributed by atoms with E-state index in [1.165, 1.54) is 0 Å². The molecule has 6 nitrogen and oxygen atoms in total. The summed E-state index contributed by atoms with van der Waals surface area (Å²) in [5.74, 6) is -0.151. The second-order valence-corrected chi connectivity index (χ2v) is 5.13. The second-order valence-electron chi connectivity index (χ2n) is 5.13. The summed E-state index contributed by atoms with van der Waals surface area (Å²) >= 11 is 0. The molecule has 22 heavy (non-hydrogen) atoms.